The van der Waals surface area contributed by atoms with Crippen LogP contribution >= 0.6 is 0 Å². The highest BCUT2D eigenvalue weighted by Crippen LogP contribution is 2.28. The molecule has 0 radical (unpaired) electrons. The van der Waals surface area contributed by atoms with Gasteiger partial charge in [-0.25, -0.2) is 4.39 Å². The average Bonchev–Trinajstić information content (AvgIpc) is 2.41. The summed E-state index contributed by atoms with van der Waals surface area (Å²) in [6.07, 6.45) is 1.73. The van der Waals surface area contributed by atoms with Gasteiger partial charge in [-0.15, -0.1) is 0 Å². The Morgan fingerprint density at radius 2 is 2.05 bits per heavy atom. The number of benzene rings is 1. The van der Waals surface area contributed by atoms with E-state index in [2.05, 4.69) is 6.92 Å². The lowest BCUT2D eigenvalue weighted by atomic mass is 9.98. The van der Waals surface area contributed by atoms with Crippen molar-refractivity contribution >= 4 is 17.3 Å². The molecular formula is C13H16FN3O3. The van der Waals surface area contributed by atoms with Gasteiger partial charge in [-0.3, -0.25) is 14.9 Å². The number of nitro groups is 1. The second-order valence-electron chi connectivity index (χ2n) is 5.12. The number of piperidine rings is 1. The molecule has 0 unspecified atom stereocenters. The van der Waals surface area contributed by atoms with Gasteiger partial charge in [-0.1, -0.05) is 6.92 Å². The number of halogens is 1. The Morgan fingerprint density at radius 3 is 2.60 bits per heavy atom. The van der Waals surface area contributed by atoms with E-state index in [9.17, 15) is 19.3 Å². The third kappa shape index (κ3) is 2.71. The first-order valence-electron chi connectivity index (χ1n) is 6.43. The number of nitro benzene ring substituents is 1. The minimum atomic E-state index is -0.834. The van der Waals surface area contributed by atoms with Gasteiger partial charge in [-0.05, 0) is 24.8 Å². The van der Waals surface area contributed by atoms with Gasteiger partial charge in [0.05, 0.1) is 16.6 Å². The summed E-state index contributed by atoms with van der Waals surface area (Å²) in [5, 5.41) is 10.8. The van der Waals surface area contributed by atoms with E-state index in [1.54, 1.807) is 4.90 Å². The van der Waals surface area contributed by atoms with Gasteiger partial charge in [0.1, 0.15) is 11.5 Å². The maximum Gasteiger partial charge on any atom is 0.295 e. The van der Waals surface area contributed by atoms with Crippen LogP contribution in [0.15, 0.2) is 12.1 Å². The number of carbonyl (C=O) groups excluding carboxylic acids is 1. The largest absolute Gasteiger partial charge is 0.393 e. The number of rotatable bonds is 2. The van der Waals surface area contributed by atoms with Crippen LogP contribution in [0.2, 0.25) is 0 Å². The van der Waals surface area contributed by atoms with Crippen molar-refractivity contribution in [1.82, 2.24) is 4.90 Å². The summed E-state index contributed by atoms with van der Waals surface area (Å²) in [5.74, 6) is -0.741. The highest BCUT2D eigenvalue weighted by Gasteiger charge is 2.27. The molecule has 1 aliphatic heterocycles. The molecule has 20 heavy (non-hydrogen) atoms. The first-order valence-corrected chi connectivity index (χ1v) is 6.43. The van der Waals surface area contributed by atoms with Crippen molar-refractivity contribution < 1.29 is 14.1 Å². The molecule has 2 rings (SSSR count). The van der Waals surface area contributed by atoms with Crippen molar-refractivity contribution in [2.45, 2.75) is 19.8 Å². The van der Waals surface area contributed by atoms with Gasteiger partial charge in [0.2, 0.25) is 0 Å². The average molecular weight is 281 g/mol. The summed E-state index contributed by atoms with van der Waals surface area (Å²) in [6, 6.07) is 1.69. The molecule has 0 saturated carbocycles. The third-order valence-electron chi connectivity index (χ3n) is 3.62. The predicted octanol–water partition coefficient (Wildman–Crippen LogP) is 2.19. The molecule has 0 aliphatic carbocycles. The summed E-state index contributed by atoms with van der Waals surface area (Å²) in [4.78, 5) is 23.9. The van der Waals surface area contributed by atoms with E-state index < -0.39 is 22.3 Å². The monoisotopic (exact) mass is 281 g/mol. The first-order chi connectivity index (χ1) is 9.40. The van der Waals surface area contributed by atoms with E-state index in [1.807, 2.05) is 0 Å². The van der Waals surface area contributed by atoms with Crippen molar-refractivity contribution in [2.24, 2.45) is 5.92 Å². The minimum absolute atomic E-state index is 0.133. The molecule has 1 fully saturated rings. The standard InChI is InChI=1S/C13H16FN3O3/c1-8-2-4-16(5-3-8)13(18)10-6-9(14)7-11(12(10)15)17(19)20/h6-8H,2-5,15H2,1H3. The first kappa shape index (κ1) is 14.2. The topological polar surface area (TPSA) is 89.5 Å². The second kappa shape index (κ2) is 5.44. The number of hydrogen-bond acceptors (Lipinski definition) is 4. The molecule has 1 aromatic rings. The highest BCUT2D eigenvalue weighted by atomic mass is 19.1. The molecule has 108 valence electrons. The minimum Gasteiger partial charge on any atom is -0.393 e. The van der Waals surface area contributed by atoms with Crippen LogP contribution in [0.25, 0.3) is 0 Å². The fourth-order valence-electron chi connectivity index (χ4n) is 2.31. The van der Waals surface area contributed by atoms with Crippen molar-refractivity contribution in [1.29, 1.82) is 0 Å². The summed E-state index contributed by atoms with van der Waals surface area (Å²) in [7, 11) is 0. The Labute approximate surface area is 115 Å². The molecule has 1 saturated heterocycles. The van der Waals surface area contributed by atoms with E-state index in [4.69, 9.17) is 5.73 Å². The lowest BCUT2D eigenvalue weighted by Gasteiger charge is -2.30. The van der Waals surface area contributed by atoms with Crippen LogP contribution in [0, 0.1) is 21.8 Å². The lowest BCUT2D eigenvalue weighted by Crippen LogP contribution is -2.38. The van der Waals surface area contributed by atoms with Gasteiger partial charge in [0, 0.05) is 13.1 Å². The van der Waals surface area contributed by atoms with Crippen LogP contribution in [-0.4, -0.2) is 28.8 Å². The third-order valence-corrected chi connectivity index (χ3v) is 3.62. The van der Waals surface area contributed by atoms with Crippen molar-refractivity contribution in [3.63, 3.8) is 0 Å². The quantitative estimate of drug-likeness (QED) is 0.511. The number of nitrogens with two attached hydrogens (primary N) is 1. The fourth-order valence-corrected chi connectivity index (χ4v) is 2.31. The molecule has 0 aromatic heterocycles. The molecule has 2 N–H and O–H groups in total. The molecule has 1 aromatic carbocycles. The zero-order valence-electron chi connectivity index (χ0n) is 11.1. The van der Waals surface area contributed by atoms with E-state index >= 15 is 0 Å². The predicted molar refractivity (Wildman–Crippen MR) is 71.8 cm³/mol. The van der Waals surface area contributed by atoms with Crippen LogP contribution in [0.1, 0.15) is 30.1 Å². The molecule has 1 amide bonds. The number of nitrogen functional groups attached to an aromatic ring is 1. The number of amides is 1. The molecular weight excluding hydrogens is 265 g/mol. The Morgan fingerprint density at radius 1 is 1.45 bits per heavy atom. The van der Waals surface area contributed by atoms with Gasteiger partial charge >= 0.3 is 0 Å². The van der Waals surface area contributed by atoms with Crippen LogP contribution in [0.3, 0.4) is 0 Å². The molecule has 7 heteroatoms. The Kier molecular flexibility index (Phi) is 3.87. The molecule has 0 spiro atoms. The smallest absolute Gasteiger partial charge is 0.295 e. The summed E-state index contributed by atoms with van der Waals surface area (Å²) >= 11 is 0. The van der Waals surface area contributed by atoms with Crippen molar-refractivity contribution in [2.75, 3.05) is 18.8 Å². The second-order valence-corrected chi connectivity index (χ2v) is 5.12. The number of hydrogen-bond donors (Lipinski definition) is 1. The zero-order chi connectivity index (χ0) is 14.9. The number of anilines is 1. The number of carbonyl (C=O) groups is 1. The van der Waals surface area contributed by atoms with E-state index in [-0.39, 0.29) is 11.3 Å². The van der Waals surface area contributed by atoms with Gasteiger partial charge in [0.15, 0.2) is 0 Å². The van der Waals surface area contributed by atoms with Crippen molar-refractivity contribution in [3.05, 3.63) is 33.6 Å². The maximum atomic E-state index is 13.4. The summed E-state index contributed by atoms with van der Waals surface area (Å²) in [6.45, 7) is 3.22. The Balaban J connectivity index is 2.32. The maximum absolute atomic E-state index is 13.4. The number of nitrogens with zero attached hydrogens (tertiary/aromatic N) is 2. The van der Waals surface area contributed by atoms with Crippen LogP contribution < -0.4 is 5.73 Å². The number of likely N-dealkylation sites (tertiary alicyclic amines) is 1. The van der Waals surface area contributed by atoms with E-state index in [0.717, 1.165) is 25.0 Å². The van der Waals surface area contributed by atoms with Crippen LogP contribution in [0.5, 0.6) is 0 Å². The van der Waals surface area contributed by atoms with Crippen LogP contribution in [0.4, 0.5) is 15.8 Å². The molecule has 0 atom stereocenters. The molecule has 6 nitrogen and oxygen atoms in total. The zero-order valence-corrected chi connectivity index (χ0v) is 11.1. The van der Waals surface area contributed by atoms with Crippen molar-refractivity contribution in [3.8, 4) is 0 Å². The van der Waals surface area contributed by atoms with E-state index in [1.165, 1.54) is 0 Å². The normalized spacial score (nSPS) is 16.2. The SMILES string of the molecule is CC1CCN(C(=O)c2cc(F)cc([N+](=O)[O-])c2N)CC1. The fraction of sp³-hybridized carbons (Fsp3) is 0.462. The molecule has 1 aliphatic rings. The van der Waals surface area contributed by atoms with Crippen LogP contribution in [-0.2, 0) is 0 Å². The van der Waals surface area contributed by atoms with Gasteiger partial charge in [0.25, 0.3) is 11.6 Å². The molecule has 0 bridgehead atoms. The summed E-state index contributed by atoms with van der Waals surface area (Å²) < 4.78 is 13.4. The van der Waals surface area contributed by atoms with Gasteiger partial charge < -0.3 is 10.6 Å². The lowest BCUT2D eigenvalue weighted by molar-refractivity contribution is -0.384. The Hall–Kier alpha value is -2.18. The van der Waals surface area contributed by atoms with Gasteiger partial charge in [-0.2, -0.15) is 0 Å². The summed E-state index contributed by atoms with van der Waals surface area (Å²) in [5.41, 5.74) is 4.65. The Bertz CT molecular complexity index is 554. The molecule has 1 heterocycles. The highest BCUT2D eigenvalue weighted by molar-refractivity contribution is 6.01. The van der Waals surface area contributed by atoms with E-state index in [0.29, 0.717) is 19.0 Å².